The summed E-state index contributed by atoms with van der Waals surface area (Å²) in [5.41, 5.74) is -0.354. The lowest BCUT2D eigenvalue weighted by molar-refractivity contribution is -0.137. The number of benzene rings is 1. The number of halogens is 5. The van der Waals surface area contributed by atoms with Crippen LogP contribution in [0.4, 0.5) is 13.2 Å². The van der Waals surface area contributed by atoms with Crippen LogP contribution in [0.25, 0.3) is 0 Å². The molecule has 148 valence electrons. The van der Waals surface area contributed by atoms with Crippen molar-refractivity contribution in [3.63, 3.8) is 0 Å². The van der Waals surface area contributed by atoms with E-state index in [0.29, 0.717) is 17.5 Å². The van der Waals surface area contributed by atoms with Gasteiger partial charge in [-0.15, -0.1) is 24.8 Å². The monoisotopic (exact) mass is 423 g/mol. The van der Waals surface area contributed by atoms with Crippen LogP contribution in [-0.4, -0.2) is 30.0 Å². The van der Waals surface area contributed by atoms with Gasteiger partial charge in [0.15, 0.2) is 0 Å². The van der Waals surface area contributed by atoms with Crippen LogP contribution in [-0.2, 0) is 6.18 Å². The number of ether oxygens (including phenoxy) is 1. The maximum Gasteiger partial charge on any atom is 0.417 e. The normalized spacial score (nSPS) is 16.0. The second-order valence-electron chi connectivity index (χ2n) is 5.67. The Balaban J connectivity index is 0.00000182. The van der Waals surface area contributed by atoms with Crippen molar-refractivity contribution >= 4 is 30.7 Å². The molecule has 1 aromatic carbocycles. The molecular weight excluding hydrogens is 406 g/mol. The highest BCUT2D eigenvalue weighted by molar-refractivity contribution is 5.94. The molecule has 2 heterocycles. The topological polar surface area (TPSA) is 63.2 Å². The van der Waals surface area contributed by atoms with Gasteiger partial charge in [-0.25, -0.2) is 4.98 Å². The second-order valence-corrected chi connectivity index (χ2v) is 5.67. The molecule has 1 amide bonds. The largest absolute Gasteiger partial charge is 0.439 e. The van der Waals surface area contributed by atoms with Crippen molar-refractivity contribution < 1.29 is 22.7 Å². The zero-order valence-electron chi connectivity index (χ0n) is 14.0. The number of nitrogens with one attached hydrogen (secondary N) is 2. The molecule has 0 spiro atoms. The van der Waals surface area contributed by atoms with Crippen LogP contribution in [0.3, 0.4) is 0 Å². The van der Waals surface area contributed by atoms with Crippen molar-refractivity contribution in [3.05, 3.63) is 53.7 Å². The van der Waals surface area contributed by atoms with Crippen LogP contribution >= 0.6 is 24.8 Å². The lowest BCUT2D eigenvalue weighted by atomic mass is 10.2. The zero-order valence-corrected chi connectivity index (χ0v) is 15.6. The fourth-order valence-electron chi connectivity index (χ4n) is 2.45. The quantitative estimate of drug-likeness (QED) is 0.784. The van der Waals surface area contributed by atoms with Gasteiger partial charge in [0.1, 0.15) is 5.75 Å². The molecule has 1 aromatic heterocycles. The van der Waals surface area contributed by atoms with Crippen molar-refractivity contribution in [2.75, 3.05) is 13.1 Å². The molecule has 1 aliphatic heterocycles. The highest BCUT2D eigenvalue weighted by atomic mass is 35.5. The fraction of sp³-hybridized carbons (Fsp3) is 0.294. The number of nitrogens with zero attached hydrogens (tertiary/aromatic N) is 1. The number of pyridine rings is 1. The first-order valence-electron chi connectivity index (χ1n) is 7.74. The van der Waals surface area contributed by atoms with Gasteiger partial charge < -0.3 is 15.4 Å². The zero-order chi connectivity index (χ0) is 17.9. The Morgan fingerprint density at radius 3 is 2.37 bits per heavy atom. The van der Waals surface area contributed by atoms with Crippen molar-refractivity contribution in [2.24, 2.45) is 0 Å². The molecule has 2 N–H and O–H groups in total. The summed E-state index contributed by atoms with van der Waals surface area (Å²) in [7, 11) is 0. The minimum atomic E-state index is -4.44. The summed E-state index contributed by atoms with van der Waals surface area (Å²) in [5.74, 6) is 0.251. The lowest BCUT2D eigenvalue weighted by Gasteiger charge is -2.12. The second kappa shape index (κ2) is 9.77. The smallest absolute Gasteiger partial charge is 0.417 e. The summed E-state index contributed by atoms with van der Waals surface area (Å²) in [6.45, 7) is 1.64. The van der Waals surface area contributed by atoms with Gasteiger partial charge in [-0.05, 0) is 43.3 Å². The lowest BCUT2D eigenvalue weighted by Crippen LogP contribution is -2.36. The van der Waals surface area contributed by atoms with E-state index in [2.05, 4.69) is 15.6 Å². The number of alkyl halides is 3. The molecule has 0 radical (unpaired) electrons. The maximum atomic E-state index is 12.5. The first-order valence-corrected chi connectivity index (χ1v) is 7.74. The van der Waals surface area contributed by atoms with E-state index in [-0.39, 0.29) is 42.6 Å². The summed E-state index contributed by atoms with van der Waals surface area (Å²) < 4.78 is 42.9. The molecule has 5 nitrogen and oxygen atoms in total. The van der Waals surface area contributed by atoms with E-state index in [1.807, 2.05) is 0 Å². The van der Waals surface area contributed by atoms with E-state index in [9.17, 15) is 18.0 Å². The van der Waals surface area contributed by atoms with Gasteiger partial charge in [0.2, 0.25) is 5.88 Å². The van der Waals surface area contributed by atoms with Crippen LogP contribution in [0.2, 0.25) is 0 Å². The first-order chi connectivity index (χ1) is 11.9. The van der Waals surface area contributed by atoms with Gasteiger partial charge >= 0.3 is 6.18 Å². The molecule has 10 heteroatoms. The summed E-state index contributed by atoms with van der Waals surface area (Å²) in [5, 5.41) is 6.09. The Morgan fingerprint density at radius 2 is 1.85 bits per heavy atom. The predicted octanol–water partition coefficient (Wildman–Crippen LogP) is 3.83. The highest BCUT2D eigenvalue weighted by Gasteiger charge is 2.30. The van der Waals surface area contributed by atoms with Crippen LogP contribution in [0.5, 0.6) is 11.6 Å². The van der Waals surface area contributed by atoms with E-state index in [4.69, 9.17) is 4.74 Å². The van der Waals surface area contributed by atoms with Gasteiger partial charge in [-0.3, -0.25) is 4.79 Å². The van der Waals surface area contributed by atoms with Gasteiger partial charge in [0.25, 0.3) is 5.91 Å². The minimum absolute atomic E-state index is 0. The number of amides is 1. The van der Waals surface area contributed by atoms with Gasteiger partial charge in [0, 0.05) is 30.4 Å². The van der Waals surface area contributed by atoms with Gasteiger partial charge in [-0.2, -0.15) is 13.2 Å². The number of hydrogen-bond donors (Lipinski definition) is 2. The van der Waals surface area contributed by atoms with E-state index in [1.54, 1.807) is 24.3 Å². The highest BCUT2D eigenvalue weighted by Crippen LogP contribution is 2.30. The molecule has 2 aromatic rings. The maximum absolute atomic E-state index is 12.5. The molecule has 0 saturated carbocycles. The SMILES string of the molecule is Cl.Cl.O=C(NC1CCNC1)c1ccc(Oc2ccc(C(F)(F)F)cn2)cc1. The van der Waals surface area contributed by atoms with Crippen LogP contribution in [0.1, 0.15) is 22.3 Å². The fourth-order valence-corrected chi connectivity index (χ4v) is 2.45. The van der Waals surface area contributed by atoms with Crippen molar-refractivity contribution in [1.82, 2.24) is 15.6 Å². The summed E-state index contributed by atoms with van der Waals surface area (Å²) in [4.78, 5) is 15.7. The summed E-state index contributed by atoms with van der Waals surface area (Å²) in [6.07, 6.45) is -2.82. The van der Waals surface area contributed by atoms with Gasteiger partial charge in [-0.1, -0.05) is 0 Å². The van der Waals surface area contributed by atoms with E-state index in [1.165, 1.54) is 0 Å². The Kier molecular flexibility index (Phi) is 8.33. The third kappa shape index (κ3) is 6.27. The molecule has 0 aliphatic carbocycles. The predicted molar refractivity (Wildman–Crippen MR) is 99.0 cm³/mol. The number of hydrogen-bond acceptors (Lipinski definition) is 4. The molecule has 1 fully saturated rings. The van der Waals surface area contributed by atoms with Crippen molar-refractivity contribution in [3.8, 4) is 11.6 Å². The summed E-state index contributed by atoms with van der Waals surface area (Å²) in [6, 6.07) is 8.51. The Bertz CT molecular complexity index is 735. The number of rotatable bonds is 4. The summed E-state index contributed by atoms with van der Waals surface area (Å²) >= 11 is 0. The Morgan fingerprint density at radius 1 is 1.15 bits per heavy atom. The minimum Gasteiger partial charge on any atom is -0.439 e. The van der Waals surface area contributed by atoms with E-state index >= 15 is 0 Å². The molecule has 1 saturated heterocycles. The van der Waals surface area contributed by atoms with E-state index in [0.717, 1.165) is 31.6 Å². The number of carbonyl (C=O) groups is 1. The average Bonchev–Trinajstić information content (AvgIpc) is 3.08. The van der Waals surface area contributed by atoms with Crippen LogP contribution in [0, 0.1) is 0 Å². The molecule has 1 unspecified atom stereocenters. The van der Waals surface area contributed by atoms with Crippen LogP contribution in [0.15, 0.2) is 42.6 Å². The number of carbonyl (C=O) groups excluding carboxylic acids is 1. The van der Waals surface area contributed by atoms with Crippen molar-refractivity contribution in [2.45, 2.75) is 18.6 Å². The van der Waals surface area contributed by atoms with Crippen molar-refractivity contribution in [1.29, 1.82) is 0 Å². The Hall–Kier alpha value is -2.03. The number of aromatic nitrogens is 1. The van der Waals surface area contributed by atoms with Crippen LogP contribution < -0.4 is 15.4 Å². The van der Waals surface area contributed by atoms with E-state index < -0.39 is 11.7 Å². The first kappa shape index (κ1) is 23.0. The molecule has 3 rings (SSSR count). The van der Waals surface area contributed by atoms with Gasteiger partial charge in [0.05, 0.1) is 5.56 Å². The third-order valence-corrected chi connectivity index (χ3v) is 3.80. The molecule has 1 aliphatic rings. The molecule has 1 atom stereocenters. The average molecular weight is 424 g/mol. The molecule has 27 heavy (non-hydrogen) atoms. The third-order valence-electron chi connectivity index (χ3n) is 3.80. The molecular formula is C17H18Cl2F3N3O2. The Labute approximate surface area is 166 Å². The molecule has 0 bridgehead atoms. The standard InChI is InChI=1S/C17H16F3N3O2.2ClH/c18-17(19,20)12-3-6-15(22-9-12)25-14-4-1-11(2-5-14)16(24)23-13-7-8-21-10-13;;/h1-6,9,13,21H,7-8,10H2,(H,23,24);2*1H.